The maximum Gasteiger partial charge on any atom is 0.339 e. The normalized spacial score (nSPS) is 11.9. The van der Waals surface area contributed by atoms with Crippen molar-refractivity contribution in [2.75, 3.05) is 14.2 Å². The Bertz CT molecular complexity index is 781. The van der Waals surface area contributed by atoms with Crippen LogP contribution in [0.15, 0.2) is 24.3 Å². The first kappa shape index (κ1) is 18.7. The predicted octanol–water partition coefficient (Wildman–Crippen LogP) is 3.64. The lowest BCUT2D eigenvalue weighted by molar-refractivity contribution is 0.0599. The Balaban J connectivity index is 2.35. The molecule has 0 bridgehead atoms. The predicted molar refractivity (Wildman–Crippen MR) is 93.2 cm³/mol. The monoisotopic (exact) mass is 346 g/mol. The molecule has 1 atom stereocenters. The van der Waals surface area contributed by atoms with E-state index in [1.165, 1.54) is 19.2 Å². The van der Waals surface area contributed by atoms with Gasteiger partial charge in [-0.2, -0.15) is 0 Å². The summed E-state index contributed by atoms with van der Waals surface area (Å²) in [6.07, 6.45) is 0.579. The highest BCUT2D eigenvalue weighted by Gasteiger charge is 2.27. The number of carbonyl (C=O) groups is 2. The number of aromatic amines is 1. The number of rotatable bonds is 5. The first-order valence-corrected chi connectivity index (χ1v) is 8.14. The molecule has 6 heteroatoms. The summed E-state index contributed by atoms with van der Waals surface area (Å²) in [6, 6.07) is 5.80. The van der Waals surface area contributed by atoms with E-state index in [1.54, 1.807) is 31.0 Å². The zero-order valence-corrected chi connectivity index (χ0v) is 15.1. The standard InChI is InChI=1S/C19H23FN2O3/c1-6-15-16(19(24)25-5)11(2)17(21-15)18(23)22(4)12(3)13-7-9-14(20)10-8-13/h7-10,12,21H,6H2,1-5H3. The molecule has 1 amide bonds. The van der Waals surface area contributed by atoms with E-state index in [4.69, 9.17) is 4.74 Å². The molecule has 0 saturated heterocycles. The molecule has 1 N–H and O–H groups in total. The lowest BCUT2D eigenvalue weighted by atomic mass is 10.1. The highest BCUT2D eigenvalue weighted by molar-refractivity contribution is 6.00. The number of hydrogen-bond acceptors (Lipinski definition) is 3. The molecule has 1 unspecified atom stereocenters. The van der Waals surface area contributed by atoms with Gasteiger partial charge in [0.05, 0.1) is 18.7 Å². The van der Waals surface area contributed by atoms with Gasteiger partial charge in [-0.1, -0.05) is 19.1 Å². The summed E-state index contributed by atoms with van der Waals surface area (Å²) in [7, 11) is 3.00. The largest absolute Gasteiger partial charge is 0.465 e. The lowest BCUT2D eigenvalue weighted by Gasteiger charge is -2.25. The number of aryl methyl sites for hydroxylation is 1. The zero-order valence-electron chi connectivity index (χ0n) is 15.1. The van der Waals surface area contributed by atoms with Crippen LogP contribution < -0.4 is 0 Å². The molecule has 0 aliphatic carbocycles. The quantitative estimate of drug-likeness (QED) is 0.841. The molecule has 0 aliphatic heterocycles. The highest BCUT2D eigenvalue weighted by atomic mass is 19.1. The molecule has 1 aromatic carbocycles. The minimum absolute atomic E-state index is 0.237. The number of esters is 1. The third-order valence-electron chi connectivity index (χ3n) is 4.54. The van der Waals surface area contributed by atoms with Crippen LogP contribution in [-0.4, -0.2) is 35.9 Å². The van der Waals surface area contributed by atoms with Crippen LogP contribution in [0.1, 0.15) is 57.6 Å². The smallest absolute Gasteiger partial charge is 0.339 e. The third-order valence-corrected chi connectivity index (χ3v) is 4.54. The Morgan fingerprint density at radius 3 is 2.40 bits per heavy atom. The topological polar surface area (TPSA) is 62.4 Å². The summed E-state index contributed by atoms with van der Waals surface area (Å²) in [5, 5.41) is 0. The fourth-order valence-electron chi connectivity index (χ4n) is 2.83. The van der Waals surface area contributed by atoms with Crippen molar-refractivity contribution >= 4 is 11.9 Å². The number of H-pyrrole nitrogens is 1. The van der Waals surface area contributed by atoms with Gasteiger partial charge < -0.3 is 14.6 Å². The van der Waals surface area contributed by atoms with Crippen LogP contribution in [0.25, 0.3) is 0 Å². The molecule has 0 saturated carbocycles. The molecular weight excluding hydrogens is 323 g/mol. The number of hydrogen-bond donors (Lipinski definition) is 1. The number of nitrogens with zero attached hydrogens (tertiary/aromatic N) is 1. The molecule has 0 aliphatic rings. The van der Waals surface area contributed by atoms with Crippen LogP contribution in [-0.2, 0) is 11.2 Å². The average molecular weight is 346 g/mol. The zero-order chi connectivity index (χ0) is 18.7. The van der Waals surface area contributed by atoms with Crippen molar-refractivity contribution < 1.29 is 18.7 Å². The molecule has 2 aromatic rings. The molecule has 0 radical (unpaired) electrons. The molecule has 0 fully saturated rings. The molecule has 0 spiro atoms. The molecule has 1 heterocycles. The lowest BCUT2D eigenvalue weighted by Crippen LogP contribution is -2.30. The Labute approximate surface area is 146 Å². The summed E-state index contributed by atoms with van der Waals surface area (Å²) in [5.74, 6) is -1.02. The Kier molecular flexibility index (Phi) is 5.62. The fourth-order valence-corrected chi connectivity index (χ4v) is 2.83. The van der Waals surface area contributed by atoms with E-state index >= 15 is 0 Å². The van der Waals surface area contributed by atoms with Gasteiger partial charge in [0.25, 0.3) is 5.91 Å². The van der Waals surface area contributed by atoms with Gasteiger partial charge in [-0.25, -0.2) is 9.18 Å². The maximum atomic E-state index is 13.1. The minimum atomic E-state index is -0.459. The molecule has 1 aromatic heterocycles. The van der Waals surface area contributed by atoms with E-state index in [9.17, 15) is 14.0 Å². The molecule has 134 valence electrons. The van der Waals surface area contributed by atoms with Crippen LogP contribution >= 0.6 is 0 Å². The summed E-state index contributed by atoms with van der Waals surface area (Å²) >= 11 is 0. The van der Waals surface area contributed by atoms with Crippen molar-refractivity contribution in [1.29, 1.82) is 0 Å². The minimum Gasteiger partial charge on any atom is -0.465 e. The van der Waals surface area contributed by atoms with Crippen molar-refractivity contribution in [3.8, 4) is 0 Å². The second-order valence-corrected chi connectivity index (χ2v) is 5.97. The fraction of sp³-hybridized carbons (Fsp3) is 0.368. The summed E-state index contributed by atoms with van der Waals surface area (Å²) in [4.78, 5) is 29.5. The summed E-state index contributed by atoms with van der Waals surface area (Å²) in [5.41, 5.74) is 2.86. The van der Waals surface area contributed by atoms with Crippen LogP contribution in [0, 0.1) is 12.7 Å². The van der Waals surface area contributed by atoms with E-state index in [0.717, 1.165) is 5.56 Å². The van der Waals surface area contributed by atoms with Crippen molar-refractivity contribution in [3.05, 3.63) is 58.2 Å². The van der Waals surface area contributed by atoms with Crippen LogP contribution in [0.5, 0.6) is 0 Å². The van der Waals surface area contributed by atoms with Crippen molar-refractivity contribution in [2.24, 2.45) is 0 Å². The number of amides is 1. The Morgan fingerprint density at radius 1 is 1.28 bits per heavy atom. The first-order chi connectivity index (χ1) is 11.8. The van der Waals surface area contributed by atoms with Crippen LogP contribution in [0.4, 0.5) is 4.39 Å². The average Bonchev–Trinajstić information content (AvgIpc) is 2.96. The van der Waals surface area contributed by atoms with E-state index in [1.807, 2.05) is 13.8 Å². The number of ether oxygens (including phenoxy) is 1. The number of nitrogens with one attached hydrogen (secondary N) is 1. The number of methoxy groups -OCH3 is 1. The second kappa shape index (κ2) is 7.51. The van der Waals surface area contributed by atoms with Gasteiger partial charge >= 0.3 is 5.97 Å². The molecule has 25 heavy (non-hydrogen) atoms. The number of halogens is 1. The molecule has 2 rings (SSSR count). The van der Waals surface area contributed by atoms with E-state index in [-0.39, 0.29) is 17.8 Å². The SMILES string of the molecule is CCc1[nH]c(C(=O)N(C)C(C)c2ccc(F)cc2)c(C)c1C(=O)OC. The second-order valence-electron chi connectivity index (χ2n) is 5.97. The third kappa shape index (κ3) is 3.57. The van der Waals surface area contributed by atoms with E-state index in [0.29, 0.717) is 28.9 Å². The van der Waals surface area contributed by atoms with Gasteiger partial charge in [-0.3, -0.25) is 4.79 Å². The van der Waals surface area contributed by atoms with Gasteiger partial charge in [-0.05, 0) is 43.5 Å². The van der Waals surface area contributed by atoms with Gasteiger partial charge in [0.2, 0.25) is 0 Å². The maximum absolute atomic E-state index is 13.1. The Morgan fingerprint density at radius 2 is 1.88 bits per heavy atom. The van der Waals surface area contributed by atoms with Crippen molar-refractivity contribution in [1.82, 2.24) is 9.88 Å². The van der Waals surface area contributed by atoms with Gasteiger partial charge in [0, 0.05) is 12.7 Å². The number of benzene rings is 1. The van der Waals surface area contributed by atoms with Gasteiger partial charge in [0.1, 0.15) is 11.5 Å². The summed E-state index contributed by atoms with van der Waals surface area (Å²) in [6.45, 7) is 5.49. The number of aromatic nitrogens is 1. The number of carbonyl (C=O) groups excluding carboxylic acids is 2. The van der Waals surface area contributed by atoms with Gasteiger partial charge in [0.15, 0.2) is 0 Å². The summed E-state index contributed by atoms with van der Waals surface area (Å²) < 4.78 is 17.9. The van der Waals surface area contributed by atoms with Gasteiger partial charge in [-0.15, -0.1) is 0 Å². The van der Waals surface area contributed by atoms with Crippen LogP contribution in [0.2, 0.25) is 0 Å². The first-order valence-electron chi connectivity index (χ1n) is 8.14. The molecular formula is C19H23FN2O3. The highest BCUT2D eigenvalue weighted by Crippen LogP contribution is 2.25. The Hall–Kier alpha value is -2.63. The molecule has 5 nitrogen and oxygen atoms in total. The van der Waals surface area contributed by atoms with Crippen molar-refractivity contribution in [3.63, 3.8) is 0 Å². The van der Waals surface area contributed by atoms with E-state index < -0.39 is 5.97 Å². The van der Waals surface area contributed by atoms with E-state index in [2.05, 4.69) is 4.98 Å². The van der Waals surface area contributed by atoms with Crippen LogP contribution in [0.3, 0.4) is 0 Å². The van der Waals surface area contributed by atoms with Crippen molar-refractivity contribution in [2.45, 2.75) is 33.2 Å².